The van der Waals surface area contributed by atoms with Gasteiger partial charge in [-0.3, -0.25) is 0 Å². The summed E-state index contributed by atoms with van der Waals surface area (Å²) in [4.78, 5) is 17.8. The zero-order valence-electron chi connectivity index (χ0n) is 13.1. The van der Waals surface area contributed by atoms with Crippen molar-refractivity contribution in [3.05, 3.63) is 49.1 Å². The summed E-state index contributed by atoms with van der Waals surface area (Å²) in [5, 5.41) is 17.8. The van der Waals surface area contributed by atoms with Gasteiger partial charge in [0.1, 0.15) is 14.1 Å². The summed E-state index contributed by atoms with van der Waals surface area (Å²) in [6.07, 6.45) is 8.23. The SMILES string of the molecule is CC(=O)[O-].CC(=O)[O-].C[n+]1ccc(-c2cc[n+](C)cc2)cc1. The molecular formula is C16H20N2O4. The topological polar surface area (TPSA) is 88.0 Å². The van der Waals surface area contributed by atoms with E-state index in [1.54, 1.807) is 0 Å². The molecule has 0 saturated heterocycles. The number of carbonyl (C=O) groups is 2. The fourth-order valence-corrected chi connectivity index (χ4v) is 1.39. The standard InChI is InChI=1S/C12H14N2.2C2H4O2/c1-13-7-3-11(4-8-13)12-5-9-14(2)10-6-12;2*1-2(3)4/h3-10H,1-2H3;2*1H3,(H,3,4)/q+2;;/p-2. The van der Waals surface area contributed by atoms with Crippen LogP contribution in [0.2, 0.25) is 0 Å². The summed E-state index contributed by atoms with van der Waals surface area (Å²) in [5.74, 6) is -2.17. The van der Waals surface area contributed by atoms with Crippen LogP contribution in [-0.4, -0.2) is 11.9 Å². The van der Waals surface area contributed by atoms with E-state index in [-0.39, 0.29) is 0 Å². The van der Waals surface area contributed by atoms with Crippen LogP contribution in [-0.2, 0) is 23.7 Å². The van der Waals surface area contributed by atoms with Gasteiger partial charge in [0.15, 0.2) is 24.8 Å². The molecule has 0 saturated carbocycles. The summed E-state index contributed by atoms with van der Waals surface area (Å²) in [7, 11) is 4.05. The molecule has 0 unspecified atom stereocenters. The number of carboxylic acids is 2. The molecule has 2 heterocycles. The molecule has 0 N–H and O–H groups in total. The van der Waals surface area contributed by atoms with E-state index in [2.05, 4.69) is 49.1 Å². The highest BCUT2D eigenvalue weighted by Gasteiger charge is 2.00. The van der Waals surface area contributed by atoms with Crippen LogP contribution in [0.3, 0.4) is 0 Å². The molecule has 118 valence electrons. The lowest BCUT2D eigenvalue weighted by molar-refractivity contribution is -0.671. The third kappa shape index (κ3) is 10.1. The lowest BCUT2D eigenvalue weighted by atomic mass is 10.1. The van der Waals surface area contributed by atoms with Crippen molar-refractivity contribution >= 4 is 11.9 Å². The van der Waals surface area contributed by atoms with Gasteiger partial charge in [0.2, 0.25) is 0 Å². The summed E-state index contributed by atoms with van der Waals surface area (Å²) in [5.41, 5.74) is 2.51. The summed E-state index contributed by atoms with van der Waals surface area (Å²) >= 11 is 0. The van der Waals surface area contributed by atoms with Gasteiger partial charge in [0.25, 0.3) is 0 Å². The van der Waals surface area contributed by atoms with E-state index in [9.17, 15) is 0 Å². The van der Waals surface area contributed by atoms with E-state index in [1.165, 1.54) is 11.1 Å². The molecular weight excluding hydrogens is 284 g/mol. The highest BCUT2D eigenvalue weighted by atomic mass is 16.4. The molecule has 0 aliphatic rings. The maximum Gasteiger partial charge on any atom is 0.169 e. The second-order valence-corrected chi connectivity index (χ2v) is 4.49. The van der Waals surface area contributed by atoms with Gasteiger partial charge in [-0.15, -0.1) is 0 Å². The summed E-state index contributed by atoms with van der Waals surface area (Å²) < 4.78 is 4.07. The minimum Gasteiger partial charge on any atom is -0.550 e. The number of pyridine rings is 2. The molecule has 22 heavy (non-hydrogen) atoms. The molecule has 0 radical (unpaired) electrons. The molecule has 2 rings (SSSR count). The maximum atomic E-state index is 8.89. The van der Waals surface area contributed by atoms with Gasteiger partial charge >= 0.3 is 0 Å². The van der Waals surface area contributed by atoms with Crippen molar-refractivity contribution in [2.24, 2.45) is 14.1 Å². The quantitative estimate of drug-likeness (QED) is 0.601. The van der Waals surface area contributed by atoms with E-state index >= 15 is 0 Å². The average Bonchev–Trinajstić information content (AvgIpc) is 2.39. The van der Waals surface area contributed by atoms with Crippen LogP contribution in [0.5, 0.6) is 0 Å². The number of rotatable bonds is 1. The zero-order valence-corrected chi connectivity index (χ0v) is 13.1. The van der Waals surface area contributed by atoms with Crippen LogP contribution in [0.4, 0.5) is 0 Å². The van der Waals surface area contributed by atoms with Gasteiger partial charge in [-0.2, -0.15) is 0 Å². The molecule has 0 aliphatic heterocycles. The second kappa shape index (κ2) is 10.0. The minimum atomic E-state index is -1.08. The highest BCUT2D eigenvalue weighted by molar-refractivity contribution is 5.61. The monoisotopic (exact) mass is 304 g/mol. The van der Waals surface area contributed by atoms with Gasteiger partial charge < -0.3 is 19.8 Å². The Morgan fingerprint density at radius 1 is 0.727 bits per heavy atom. The van der Waals surface area contributed by atoms with Crippen LogP contribution in [0.25, 0.3) is 11.1 Å². The third-order valence-electron chi connectivity index (χ3n) is 2.29. The Labute approximate surface area is 129 Å². The van der Waals surface area contributed by atoms with E-state index in [0.717, 1.165) is 13.8 Å². The molecule has 6 nitrogen and oxygen atoms in total. The number of nitrogens with zero attached hydrogens (tertiary/aromatic N) is 2. The number of hydrogen-bond donors (Lipinski definition) is 0. The van der Waals surface area contributed by atoms with Crippen LogP contribution < -0.4 is 19.3 Å². The van der Waals surface area contributed by atoms with Crippen molar-refractivity contribution in [3.63, 3.8) is 0 Å². The first-order valence-corrected chi connectivity index (χ1v) is 6.48. The first-order chi connectivity index (χ1) is 10.2. The van der Waals surface area contributed by atoms with Crippen LogP contribution >= 0.6 is 0 Å². The zero-order chi connectivity index (χ0) is 17.1. The number of hydrogen-bond acceptors (Lipinski definition) is 4. The van der Waals surface area contributed by atoms with Gasteiger partial charge in [0.05, 0.1) is 0 Å². The number of carbonyl (C=O) groups excluding carboxylic acids is 2. The average molecular weight is 304 g/mol. The molecule has 6 heteroatoms. The molecule has 0 fully saturated rings. The number of aromatic nitrogens is 2. The molecule has 0 aromatic carbocycles. The first kappa shape index (κ1) is 19.2. The predicted molar refractivity (Wildman–Crippen MR) is 75.6 cm³/mol. The third-order valence-corrected chi connectivity index (χ3v) is 2.29. The van der Waals surface area contributed by atoms with E-state index in [0.29, 0.717) is 0 Å². The Kier molecular flexibility index (Phi) is 8.78. The van der Waals surface area contributed by atoms with Crippen LogP contribution in [0.1, 0.15) is 13.8 Å². The van der Waals surface area contributed by atoms with Crippen molar-refractivity contribution in [2.45, 2.75) is 13.8 Å². The number of aryl methyl sites for hydroxylation is 2. The Balaban J connectivity index is 0.000000464. The van der Waals surface area contributed by atoms with Crippen molar-refractivity contribution in [1.29, 1.82) is 0 Å². The highest BCUT2D eigenvalue weighted by Crippen LogP contribution is 2.14. The van der Waals surface area contributed by atoms with E-state index in [4.69, 9.17) is 19.8 Å². The van der Waals surface area contributed by atoms with Crippen molar-refractivity contribution in [2.75, 3.05) is 0 Å². The van der Waals surface area contributed by atoms with Crippen molar-refractivity contribution < 1.29 is 28.9 Å². The summed E-state index contributed by atoms with van der Waals surface area (Å²) in [6.45, 7) is 1.94. The van der Waals surface area contributed by atoms with Crippen molar-refractivity contribution in [1.82, 2.24) is 0 Å². The van der Waals surface area contributed by atoms with Gasteiger partial charge in [0, 0.05) is 36.2 Å². The molecule has 0 bridgehead atoms. The molecule has 0 atom stereocenters. The lowest BCUT2D eigenvalue weighted by Gasteiger charge is -1.97. The van der Waals surface area contributed by atoms with Crippen molar-refractivity contribution in [3.8, 4) is 11.1 Å². The Hall–Kier alpha value is -2.76. The molecule has 0 spiro atoms. The number of aliphatic carboxylic acids is 2. The summed E-state index contributed by atoms with van der Waals surface area (Å²) in [6, 6.07) is 8.48. The Morgan fingerprint density at radius 2 is 0.909 bits per heavy atom. The van der Waals surface area contributed by atoms with Crippen LogP contribution in [0, 0.1) is 0 Å². The molecule has 2 aromatic rings. The largest absolute Gasteiger partial charge is 0.550 e. The smallest absolute Gasteiger partial charge is 0.169 e. The normalized spacial score (nSPS) is 8.73. The number of carboxylic acid groups (broad SMARTS) is 2. The first-order valence-electron chi connectivity index (χ1n) is 6.48. The molecule has 0 amide bonds. The lowest BCUT2D eigenvalue weighted by Crippen LogP contribution is -2.26. The van der Waals surface area contributed by atoms with Gasteiger partial charge in [-0.05, 0) is 25.0 Å². The maximum absolute atomic E-state index is 8.89. The van der Waals surface area contributed by atoms with E-state index < -0.39 is 11.9 Å². The fraction of sp³-hybridized carbons (Fsp3) is 0.250. The van der Waals surface area contributed by atoms with Gasteiger partial charge in [-0.25, -0.2) is 9.13 Å². The molecule has 0 aliphatic carbocycles. The van der Waals surface area contributed by atoms with Crippen LogP contribution in [0.15, 0.2) is 49.1 Å². The predicted octanol–water partition coefficient (Wildman–Crippen LogP) is -1.48. The Morgan fingerprint density at radius 3 is 1.09 bits per heavy atom. The Bertz CT molecular complexity index is 529. The minimum absolute atomic E-state index is 0.972. The van der Waals surface area contributed by atoms with E-state index in [1.807, 2.05) is 23.2 Å². The van der Waals surface area contributed by atoms with Gasteiger partial charge in [-0.1, -0.05) is 0 Å². The fourth-order valence-electron chi connectivity index (χ4n) is 1.39. The second-order valence-electron chi connectivity index (χ2n) is 4.49. The molecule has 2 aromatic heterocycles.